The molecule has 1 atom stereocenters. The van der Waals surface area contributed by atoms with Crippen molar-refractivity contribution in [3.05, 3.63) is 155 Å². The normalized spacial score (nSPS) is 15.4. The third-order valence-electron chi connectivity index (χ3n) is 6.08. The Morgan fingerprint density at radius 1 is 0.657 bits per heavy atom. The standard InChI is InChI=1S/C31H26O4/c32-30-21-28(33-22-24-13-5-1-6-14-24)29(35-30)23-34-31(25-15-7-2-8-16-25,26-17-9-3-10-18-26)27-19-11-4-12-20-27/h1-21,29H,22-23H2/t29-/m1/s1. The number of benzene rings is 4. The smallest absolute Gasteiger partial charge is 0.335 e. The summed E-state index contributed by atoms with van der Waals surface area (Å²) in [5.41, 5.74) is 3.07. The molecule has 4 aromatic carbocycles. The van der Waals surface area contributed by atoms with Crippen LogP contribution < -0.4 is 0 Å². The van der Waals surface area contributed by atoms with E-state index in [9.17, 15) is 4.79 Å². The van der Waals surface area contributed by atoms with E-state index in [4.69, 9.17) is 14.2 Å². The molecule has 0 bridgehead atoms. The number of esters is 1. The van der Waals surface area contributed by atoms with Crippen LogP contribution in [0.5, 0.6) is 0 Å². The van der Waals surface area contributed by atoms with Crippen molar-refractivity contribution in [1.82, 2.24) is 0 Å². The summed E-state index contributed by atoms with van der Waals surface area (Å²) in [6, 6.07) is 40.2. The SMILES string of the molecule is O=C1C=C(OCc2ccccc2)[C@@H](COC(c2ccccc2)(c2ccccc2)c2ccccc2)O1. The van der Waals surface area contributed by atoms with Crippen LogP contribution in [0.15, 0.2) is 133 Å². The van der Waals surface area contributed by atoms with Gasteiger partial charge in [-0.25, -0.2) is 4.79 Å². The minimum atomic E-state index is -0.899. The van der Waals surface area contributed by atoms with Crippen LogP contribution in [0.2, 0.25) is 0 Å². The van der Waals surface area contributed by atoms with Gasteiger partial charge >= 0.3 is 5.97 Å². The molecule has 0 fully saturated rings. The second-order valence-corrected chi connectivity index (χ2v) is 8.34. The molecule has 0 radical (unpaired) electrons. The summed E-state index contributed by atoms with van der Waals surface area (Å²) >= 11 is 0. The molecule has 0 saturated heterocycles. The van der Waals surface area contributed by atoms with Gasteiger partial charge in [0.2, 0.25) is 0 Å². The predicted molar refractivity (Wildman–Crippen MR) is 134 cm³/mol. The highest BCUT2D eigenvalue weighted by Crippen LogP contribution is 2.41. The molecule has 1 aliphatic rings. The maximum atomic E-state index is 12.2. The Morgan fingerprint density at radius 2 is 1.11 bits per heavy atom. The molecule has 35 heavy (non-hydrogen) atoms. The highest BCUT2D eigenvalue weighted by atomic mass is 16.6. The molecule has 174 valence electrons. The number of hydrogen-bond acceptors (Lipinski definition) is 4. The molecule has 4 aromatic rings. The zero-order valence-corrected chi connectivity index (χ0v) is 19.2. The van der Waals surface area contributed by atoms with Gasteiger partial charge in [-0.3, -0.25) is 0 Å². The first kappa shape index (κ1) is 22.6. The highest BCUT2D eigenvalue weighted by Gasteiger charge is 2.40. The minimum absolute atomic E-state index is 0.130. The summed E-state index contributed by atoms with van der Waals surface area (Å²) in [4.78, 5) is 12.2. The predicted octanol–water partition coefficient (Wildman–Crippen LogP) is 6.02. The molecule has 5 rings (SSSR count). The molecule has 0 N–H and O–H groups in total. The Morgan fingerprint density at radius 3 is 1.60 bits per heavy atom. The van der Waals surface area contributed by atoms with Crippen molar-refractivity contribution in [2.24, 2.45) is 0 Å². The lowest BCUT2D eigenvalue weighted by Crippen LogP contribution is -2.36. The van der Waals surface area contributed by atoms with Crippen LogP contribution in [0, 0.1) is 0 Å². The maximum absolute atomic E-state index is 12.2. The van der Waals surface area contributed by atoms with Crippen LogP contribution in [-0.4, -0.2) is 18.7 Å². The molecular weight excluding hydrogens is 436 g/mol. The average molecular weight is 463 g/mol. The topological polar surface area (TPSA) is 44.8 Å². The van der Waals surface area contributed by atoms with Gasteiger partial charge in [-0.2, -0.15) is 0 Å². The monoisotopic (exact) mass is 462 g/mol. The Balaban J connectivity index is 1.47. The molecule has 4 heteroatoms. The van der Waals surface area contributed by atoms with Gasteiger partial charge in [-0.1, -0.05) is 121 Å². The largest absolute Gasteiger partial charge is 0.489 e. The second kappa shape index (κ2) is 10.4. The van der Waals surface area contributed by atoms with Crippen LogP contribution >= 0.6 is 0 Å². The number of carbonyl (C=O) groups excluding carboxylic acids is 1. The number of carbonyl (C=O) groups is 1. The fourth-order valence-corrected chi connectivity index (χ4v) is 4.40. The molecule has 0 unspecified atom stereocenters. The van der Waals surface area contributed by atoms with Crippen molar-refractivity contribution in [2.45, 2.75) is 18.3 Å². The van der Waals surface area contributed by atoms with Crippen LogP contribution in [0.3, 0.4) is 0 Å². The first-order valence-electron chi connectivity index (χ1n) is 11.7. The first-order valence-corrected chi connectivity index (χ1v) is 11.7. The fourth-order valence-electron chi connectivity index (χ4n) is 4.40. The van der Waals surface area contributed by atoms with Gasteiger partial charge in [0, 0.05) is 0 Å². The Labute approximate surface area is 205 Å². The molecule has 0 saturated carbocycles. The molecular formula is C31H26O4. The number of cyclic esters (lactones) is 1. The van der Waals surface area contributed by atoms with E-state index in [1.54, 1.807) is 0 Å². The zero-order valence-electron chi connectivity index (χ0n) is 19.2. The molecule has 0 aliphatic carbocycles. The van der Waals surface area contributed by atoms with Gasteiger partial charge in [-0.15, -0.1) is 0 Å². The lowest BCUT2D eigenvalue weighted by Gasteiger charge is -2.36. The fraction of sp³-hybridized carbons (Fsp3) is 0.129. The van der Waals surface area contributed by atoms with Gasteiger partial charge in [0.15, 0.2) is 6.10 Å². The van der Waals surface area contributed by atoms with E-state index in [1.807, 2.05) is 84.9 Å². The first-order chi connectivity index (χ1) is 17.3. The lowest BCUT2D eigenvalue weighted by molar-refractivity contribution is -0.144. The summed E-state index contributed by atoms with van der Waals surface area (Å²) in [6.45, 7) is 0.478. The number of rotatable bonds is 9. The van der Waals surface area contributed by atoms with Gasteiger partial charge in [0.05, 0.1) is 12.7 Å². The van der Waals surface area contributed by atoms with Crippen molar-refractivity contribution in [3.63, 3.8) is 0 Å². The van der Waals surface area contributed by atoms with Gasteiger partial charge < -0.3 is 14.2 Å². The minimum Gasteiger partial charge on any atom is -0.489 e. The maximum Gasteiger partial charge on any atom is 0.335 e. The average Bonchev–Trinajstić information content (AvgIpc) is 3.29. The molecule has 0 spiro atoms. The molecule has 0 amide bonds. The van der Waals surface area contributed by atoms with E-state index >= 15 is 0 Å². The van der Waals surface area contributed by atoms with Crippen LogP contribution in [0.1, 0.15) is 22.3 Å². The van der Waals surface area contributed by atoms with Crippen molar-refractivity contribution in [1.29, 1.82) is 0 Å². The summed E-state index contributed by atoms with van der Waals surface area (Å²) < 4.78 is 18.4. The van der Waals surface area contributed by atoms with Crippen LogP contribution in [0.4, 0.5) is 0 Å². The van der Waals surface area contributed by atoms with E-state index in [1.165, 1.54) is 6.08 Å². The molecule has 0 aromatic heterocycles. The van der Waals surface area contributed by atoms with E-state index in [0.717, 1.165) is 22.3 Å². The molecule has 1 heterocycles. The van der Waals surface area contributed by atoms with E-state index in [0.29, 0.717) is 12.4 Å². The molecule has 4 nitrogen and oxygen atoms in total. The van der Waals surface area contributed by atoms with E-state index in [-0.39, 0.29) is 6.61 Å². The summed E-state index contributed by atoms with van der Waals surface area (Å²) in [5, 5.41) is 0. The Kier molecular flexibility index (Phi) is 6.73. The number of ether oxygens (including phenoxy) is 3. The Hall–Kier alpha value is -4.15. The summed E-state index contributed by atoms with van der Waals surface area (Å²) in [6.07, 6.45) is 0.772. The van der Waals surface area contributed by atoms with Crippen molar-refractivity contribution in [3.8, 4) is 0 Å². The van der Waals surface area contributed by atoms with Gasteiger partial charge in [0.25, 0.3) is 0 Å². The Bertz CT molecular complexity index is 1170. The summed E-state index contributed by atoms with van der Waals surface area (Å²) in [5.74, 6) is 0.0494. The summed E-state index contributed by atoms with van der Waals surface area (Å²) in [7, 11) is 0. The third-order valence-corrected chi connectivity index (χ3v) is 6.08. The van der Waals surface area contributed by atoms with Crippen LogP contribution in [0.25, 0.3) is 0 Å². The highest BCUT2D eigenvalue weighted by molar-refractivity contribution is 5.85. The van der Waals surface area contributed by atoms with E-state index < -0.39 is 17.7 Å². The van der Waals surface area contributed by atoms with Gasteiger partial charge in [0.1, 0.15) is 18.0 Å². The number of hydrogen-bond donors (Lipinski definition) is 0. The van der Waals surface area contributed by atoms with Crippen molar-refractivity contribution < 1.29 is 19.0 Å². The van der Waals surface area contributed by atoms with Crippen molar-refractivity contribution in [2.75, 3.05) is 6.61 Å². The quantitative estimate of drug-likeness (QED) is 0.225. The van der Waals surface area contributed by atoms with Crippen molar-refractivity contribution >= 4 is 5.97 Å². The zero-order chi connectivity index (χ0) is 23.9. The molecule has 1 aliphatic heterocycles. The second-order valence-electron chi connectivity index (χ2n) is 8.34. The van der Waals surface area contributed by atoms with Crippen LogP contribution in [-0.2, 0) is 31.2 Å². The third kappa shape index (κ3) is 4.88. The van der Waals surface area contributed by atoms with Gasteiger partial charge in [-0.05, 0) is 22.3 Å². The lowest BCUT2D eigenvalue weighted by atomic mass is 9.80. The van der Waals surface area contributed by atoms with E-state index in [2.05, 4.69) is 36.4 Å².